The Labute approximate surface area is 121 Å². The molecule has 8 heteroatoms. The van der Waals surface area contributed by atoms with E-state index in [-0.39, 0.29) is 18.4 Å². The normalized spacial score (nSPS) is 12.3. The minimum atomic E-state index is -0.199. The van der Waals surface area contributed by atoms with Crippen molar-refractivity contribution in [2.75, 3.05) is 0 Å². The number of nitrogens with one attached hydrogen (secondary N) is 2. The number of nitrogens with zero attached hydrogens (tertiary/aromatic N) is 4. The molecule has 2 N–H and O–H groups in total. The van der Waals surface area contributed by atoms with Crippen LogP contribution in [0.25, 0.3) is 0 Å². The van der Waals surface area contributed by atoms with Crippen LogP contribution in [-0.4, -0.2) is 31.5 Å². The van der Waals surface area contributed by atoms with Gasteiger partial charge in [0.15, 0.2) is 5.82 Å². The molecule has 0 radical (unpaired) electrons. The van der Waals surface area contributed by atoms with Crippen LogP contribution in [0.1, 0.15) is 49.3 Å². The van der Waals surface area contributed by atoms with Gasteiger partial charge in [0.1, 0.15) is 0 Å². The van der Waals surface area contributed by atoms with E-state index in [2.05, 4.69) is 37.8 Å². The van der Waals surface area contributed by atoms with E-state index in [9.17, 15) is 4.79 Å². The molecule has 0 aliphatic heterocycles. The molecule has 0 aliphatic rings. The Morgan fingerprint density at radius 1 is 1.50 bits per heavy atom. The Hall–Kier alpha value is -1.83. The number of thiazole rings is 1. The first-order chi connectivity index (χ1) is 9.72. The van der Waals surface area contributed by atoms with Gasteiger partial charge in [-0.2, -0.15) is 5.21 Å². The monoisotopic (exact) mass is 294 g/mol. The summed E-state index contributed by atoms with van der Waals surface area (Å²) in [6.07, 6.45) is 2.89. The second-order valence-electron chi connectivity index (χ2n) is 4.44. The first kappa shape index (κ1) is 14.6. The van der Waals surface area contributed by atoms with Crippen molar-refractivity contribution in [1.29, 1.82) is 0 Å². The molecular weight excluding hydrogens is 276 g/mol. The highest BCUT2D eigenvalue weighted by atomic mass is 32.1. The first-order valence-corrected chi connectivity index (χ1v) is 7.56. The molecule has 0 spiro atoms. The van der Waals surface area contributed by atoms with Gasteiger partial charge < -0.3 is 5.32 Å². The quantitative estimate of drug-likeness (QED) is 0.805. The Morgan fingerprint density at radius 2 is 2.35 bits per heavy atom. The van der Waals surface area contributed by atoms with Crippen molar-refractivity contribution in [2.24, 2.45) is 0 Å². The Kier molecular flexibility index (Phi) is 5.16. The van der Waals surface area contributed by atoms with Crippen molar-refractivity contribution in [3.63, 3.8) is 0 Å². The van der Waals surface area contributed by atoms with Crippen LogP contribution in [-0.2, 0) is 17.6 Å². The van der Waals surface area contributed by atoms with Crippen LogP contribution in [0.3, 0.4) is 0 Å². The van der Waals surface area contributed by atoms with Crippen LogP contribution in [0.15, 0.2) is 5.38 Å². The summed E-state index contributed by atoms with van der Waals surface area (Å²) in [5.74, 6) is 0.453. The summed E-state index contributed by atoms with van der Waals surface area (Å²) in [4.78, 5) is 16.5. The van der Waals surface area contributed by atoms with Gasteiger partial charge in [0.2, 0.25) is 5.91 Å². The number of hydrogen-bond donors (Lipinski definition) is 2. The number of tetrazole rings is 1. The van der Waals surface area contributed by atoms with Crippen molar-refractivity contribution >= 4 is 17.2 Å². The summed E-state index contributed by atoms with van der Waals surface area (Å²) in [5, 5.41) is 19.7. The number of carbonyl (C=O) groups is 1. The average Bonchev–Trinajstić information content (AvgIpc) is 3.09. The largest absolute Gasteiger partial charge is 0.346 e. The lowest BCUT2D eigenvalue weighted by atomic mass is 10.1. The van der Waals surface area contributed by atoms with Crippen molar-refractivity contribution < 1.29 is 4.79 Å². The van der Waals surface area contributed by atoms with E-state index in [1.165, 1.54) is 0 Å². The fourth-order valence-electron chi connectivity index (χ4n) is 1.87. The van der Waals surface area contributed by atoms with Gasteiger partial charge in [-0.1, -0.05) is 25.5 Å². The molecule has 0 saturated carbocycles. The molecule has 2 heterocycles. The summed E-state index contributed by atoms with van der Waals surface area (Å²) < 4.78 is 0. The van der Waals surface area contributed by atoms with Gasteiger partial charge in [-0.05, 0) is 12.8 Å². The lowest BCUT2D eigenvalue weighted by molar-refractivity contribution is -0.121. The molecule has 1 amide bonds. The summed E-state index contributed by atoms with van der Waals surface area (Å²) >= 11 is 1.59. The smallest absolute Gasteiger partial charge is 0.226 e. The molecule has 2 aromatic rings. The van der Waals surface area contributed by atoms with Crippen LogP contribution in [0.5, 0.6) is 0 Å². The van der Waals surface area contributed by atoms with Crippen molar-refractivity contribution in [3.05, 3.63) is 21.9 Å². The SMILES string of the molecule is CCC[C@H](NC(=O)Cc1csc(CC)n1)c1nn[nH]n1. The molecule has 0 unspecified atom stereocenters. The zero-order chi connectivity index (χ0) is 14.4. The fraction of sp³-hybridized carbons (Fsp3) is 0.583. The number of aromatic amines is 1. The number of aryl methyl sites for hydroxylation is 1. The van der Waals surface area contributed by atoms with Crippen LogP contribution in [0, 0.1) is 0 Å². The summed E-state index contributed by atoms with van der Waals surface area (Å²) in [6.45, 7) is 4.10. The maximum Gasteiger partial charge on any atom is 0.226 e. The highest BCUT2D eigenvalue weighted by Crippen LogP contribution is 2.14. The molecule has 1 atom stereocenters. The van der Waals surface area contributed by atoms with Gasteiger partial charge in [-0.3, -0.25) is 4.79 Å². The highest BCUT2D eigenvalue weighted by Gasteiger charge is 2.18. The molecule has 2 rings (SSSR count). The molecule has 108 valence electrons. The predicted octanol–water partition coefficient (Wildman–Crippen LogP) is 1.42. The molecule has 0 aliphatic carbocycles. The van der Waals surface area contributed by atoms with E-state index in [1.807, 2.05) is 12.3 Å². The second kappa shape index (κ2) is 7.09. The first-order valence-electron chi connectivity index (χ1n) is 6.68. The van der Waals surface area contributed by atoms with E-state index < -0.39 is 0 Å². The van der Waals surface area contributed by atoms with Crippen LogP contribution in [0.2, 0.25) is 0 Å². The number of amides is 1. The lowest BCUT2D eigenvalue weighted by Crippen LogP contribution is -2.30. The summed E-state index contributed by atoms with van der Waals surface area (Å²) in [7, 11) is 0. The molecule has 7 nitrogen and oxygen atoms in total. The van der Waals surface area contributed by atoms with Crippen LogP contribution < -0.4 is 5.32 Å². The third-order valence-corrected chi connectivity index (χ3v) is 3.87. The number of rotatable bonds is 7. The van der Waals surface area contributed by atoms with E-state index in [0.29, 0.717) is 5.82 Å². The number of H-pyrrole nitrogens is 1. The van der Waals surface area contributed by atoms with E-state index >= 15 is 0 Å². The molecule has 0 saturated heterocycles. The molecule has 0 bridgehead atoms. The van der Waals surface area contributed by atoms with Gasteiger partial charge in [0.05, 0.1) is 23.2 Å². The maximum absolute atomic E-state index is 12.1. The molecule has 0 fully saturated rings. The Balaban J connectivity index is 1.94. The van der Waals surface area contributed by atoms with Crippen LogP contribution in [0.4, 0.5) is 0 Å². The fourth-order valence-corrected chi connectivity index (χ4v) is 2.62. The minimum absolute atomic E-state index is 0.0683. The molecule has 2 aromatic heterocycles. The number of aromatic nitrogens is 5. The van der Waals surface area contributed by atoms with E-state index in [0.717, 1.165) is 30.0 Å². The van der Waals surface area contributed by atoms with Gasteiger partial charge >= 0.3 is 0 Å². The highest BCUT2D eigenvalue weighted by molar-refractivity contribution is 7.09. The van der Waals surface area contributed by atoms with Crippen LogP contribution >= 0.6 is 11.3 Å². The van der Waals surface area contributed by atoms with Crippen molar-refractivity contribution in [1.82, 2.24) is 30.9 Å². The summed E-state index contributed by atoms with van der Waals surface area (Å²) in [6, 6.07) is -0.199. The van der Waals surface area contributed by atoms with Gasteiger partial charge in [-0.25, -0.2) is 4.98 Å². The van der Waals surface area contributed by atoms with Crippen molar-refractivity contribution in [3.8, 4) is 0 Å². The third-order valence-electron chi connectivity index (χ3n) is 2.83. The second-order valence-corrected chi connectivity index (χ2v) is 5.38. The molecular formula is C12H18N6OS. The Bertz CT molecular complexity index is 538. The maximum atomic E-state index is 12.1. The van der Waals surface area contributed by atoms with Gasteiger partial charge in [0, 0.05) is 5.38 Å². The number of hydrogen-bond acceptors (Lipinski definition) is 6. The minimum Gasteiger partial charge on any atom is -0.346 e. The van der Waals surface area contributed by atoms with E-state index in [4.69, 9.17) is 0 Å². The average molecular weight is 294 g/mol. The van der Waals surface area contributed by atoms with E-state index in [1.54, 1.807) is 11.3 Å². The Morgan fingerprint density at radius 3 is 2.95 bits per heavy atom. The predicted molar refractivity (Wildman–Crippen MR) is 75.2 cm³/mol. The zero-order valence-corrected chi connectivity index (χ0v) is 12.4. The topological polar surface area (TPSA) is 96.5 Å². The van der Waals surface area contributed by atoms with Crippen molar-refractivity contribution in [2.45, 2.75) is 45.6 Å². The standard InChI is InChI=1S/C12H18N6OS/c1-3-5-9(12-15-17-18-16-12)14-10(19)6-8-7-20-11(4-2)13-8/h7,9H,3-6H2,1-2H3,(H,14,19)(H,15,16,17,18)/t9-/m0/s1. The number of carbonyl (C=O) groups excluding carboxylic acids is 1. The molecule has 20 heavy (non-hydrogen) atoms. The van der Waals surface area contributed by atoms with Gasteiger partial charge in [-0.15, -0.1) is 21.5 Å². The summed E-state index contributed by atoms with van der Waals surface area (Å²) in [5.41, 5.74) is 0.813. The third kappa shape index (κ3) is 3.83. The van der Waals surface area contributed by atoms with Gasteiger partial charge in [0.25, 0.3) is 0 Å². The zero-order valence-electron chi connectivity index (χ0n) is 11.6. The lowest BCUT2D eigenvalue weighted by Gasteiger charge is -2.13. The molecule has 0 aromatic carbocycles.